The number of carbonyl (C=O) groups excluding carboxylic acids is 2. The molecule has 1 aliphatic rings. The molecule has 4 nitrogen and oxygen atoms in total. The van der Waals surface area contributed by atoms with Crippen molar-refractivity contribution in [3.05, 3.63) is 22.4 Å². The lowest BCUT2D eigenvalue weighted by molar-refractivity contribution is -0.136. The number of rotatable bonds is 5. The summed E-state index contributed by atoms with van der Waals surface area (Å²) >= 11 is 1.46. The average molecular weight is 308 g/mol. The molecule has 0 aromatic carbocycles. The number of hydrogen-bond acceptors (Lipinski definition) is 3. The maximum atomic E-state index is 12.3. The van der Waals surface area contributed by atoms with Crippen molar-refractivity contribution in [2.45, 2.75) is 45.6 Å². The first-order valence-corrected chi connectivity index (χ1v) is 8.66. The fourth-order valence-corrected chi connectivity index (χ4v) is 3.43. The molecule has 1 aromatic rings. The van der Waals surface area contributed by atoms with Gasteiger partial charge in [0, 0.05) is 25.0 Å². The molecule has 0 bridgehead atoms. The van der Waals surface area contributed by atoms with Crippen molar-refractivity contribution in [1.82, 2.24) is 10.2 Å². The second-order valence-corrected chi connectivity index (χ2v) is 6.51. The zero-order chi connectivity index (χ0) is 15.2. The summed E-state index contributed by atoms with van der Waals surface area (Å²) in [6.45, 7) is 5.65. The number of hydrogen-bond donors (Lipinski definition) is 1. The van der Waals surface area contributed by atoms with Gasteiger partial charge in [-0.25, -0.2) is 0 Å². The summed E-state index contributed by atoms with van der Waals surface area (Å²) in [5.74, 6) is 0.445. The predicted molar refractivity (Wildman–Crippen MR) is 85.5 cm³/mol. The number of amides is 2. The third kappa shape index (κ3) is 4.06. The van der Waals surface area contributed by atoms with Crippen molar-refractivity contribution in [3.8, 4) is 0 Å². The Hall–Kier alpha value is -1.36. The predicted octanol–water partition coefficient (Wildman–Crippen LogP) is 2.91. The summed E-state index contributed by atoms with van der Waals surface area (Å²) in [6, 6.07) is 3.91. The molecule has 5 heteroatoms. The van der Waals surface area contributed by atoms with Crippen LogP contribution < -0.4 is 5.32 Å². The number of nitrogens with zero attached hydrogens (tertiary/aromatic N) is 1. The minimum atomic E-state index is 0.00905. The standard InChI is InChI=1S/C16H24N2O2S/c1-3-12(4-2)16(20)18-9-7-13(8-10-18)17-15(19)14-6-5-11-21-14/h5-6,11-13H,3-4,7-10H2,1-2H3,(H,17,19). The van der Waals surface area contributed by atoms with E-state index in [2.05, 4.69) is 19.2 Å². The molecule has 1 N–H and O–H groups in total. The first-order chi connectivity index (χ1) is 10.2. The topological polar surface area (TPSA) is 49.4 Å². The van der Waals surface area contributed by atoms with Crippen LogP contribution in [0, 0.1) is 5.92 Å². The maximum absolute atomic E-state index is 12.3. The summed E-state index contributed by atoms with van der Waals surface area (Å²) in [4.78, 5) is 27.0. The van der Waals surface area contributed by atoms with E-state index in [1.165, 1.54) is 11.3 Å². The highest BCUT2D eigenvalue weighted by molar-refractivity contribution is 7.12. The summed E-state index contributed by atoms with van der Waals surface area (Å²) in [5, 5.41) is 4.98. The first kappa shape index (κ1) is 16.0. The van der Waals surface area contributed by atoms with E-state index in [1.807, 2.05) is 22.4 Å². The first-order valence-electron chi connectivity index (χ1n) is 7.78. The van der Waals surface area contributed by atoms with Gasteiger partial charge in [-0.3, -0.25) is 9.59 Å². The van der Waals surface area contributed by atoms with Gasteiger partial charge in [0.1, 0.15) is 0 Å². The Kier molecular flexibility index (Phi) is 5.79. The zero-order valence-corrected chi connectivity index (χ0v) is 13.6. The Labute approximate surface area is 130 Å². The van der Waals surface area contributed by atoms with E-state index in [0.717, 1.165) is 43.6 Å². The van der Waals surface area contributed by atoms with E-state index in [4.69, 9.17) is 0 Å². The van der Waals surface area contributed by atoms with Gasteiger partial charge >= 0.3 is 0 Å². The summed E-state index contributed by atoms with van der Waals surface area (Å²) in [7, 11) is 0. The van der Waals surface area contributed by atoms with E-state index < -0.39 is 0 Å². The van der Waals surface area contributed by atoms with Crippen LogP contribution >= 0.6 is 11.3 Å². The van der Waals surface area contributed by atoms with Gasteiger partial charge in [-0.05, 0) is 37.1 Å². The fraction of sp³-hybridized carbons (Fsp3) is 0.625. The molecule has 116 valence electrons. The Morgan fingerprint density at radius 2 is 2.00 bits per heavy atom. The molecular weight excluding hydrogens is 284 g/mol. The second-order valence-electron chi connectivity index (χ2n) is 5.56. The van der Waals surface area contributed by atoms with Crippen LogP contribution in [0.3, 0.4) is 0 Å². The monoisotopic (exact) mass is 308 g/mol. The third-order valence-corrected chi connectivity index (χ3v) is 5.09. The van der Waals surface area contributed by atoms with E-state index in [-0.39, 0.29) is 23.8 Å². The van der Waals surface area contributed by atoms with Gasteiger partial charge in [-0.1, -0.05) is 19.9 Å². The Morgan fingerprint density at radius 3 is 2.52 bits per heavy atom. The summed E-state index contributed by atoms with van der Waals surface area (Å²) in [5.41, 5.74) is 0. The van der Waals surface area contributed by atoms with Crippen molar-refractivity contribution in [1.29, 1.82) is 0 Å². The van der Waals surface area contributed by atoms with Gasteiger partial charge in [0.25, 0.3) is 5.91 Å². The number of likely N-dealkylation sites (tertiary alicyclic amines) is 1. The lowest BCUT2D eigenvalue weighted by Crippen LogP contribution is -2.47. The number of carbonyl (C=O) groups is 2. The number of thiophene rings is 1. The van der Waals surface area contributed by atoms with E-state index in [0.29, 0.717) is 0 Å². The van der Waals surface area contributed by atoms with Crippen LogP contribution in [0.2, 0.25) is 0 Å². The molecule has 2 heterocycles. The van der Waals surface area contributed by atoms with Crippen LogP contribution in [0.25, 0.3) is 0 Å². The maximum Gasteiger partial charge on any atom is 0.261 e. The largest absolute Gasteiger partial charge is 0.348 e. The Bertz CT molecular complexity index is 461. The molecule has 0 saturated carbocycles. The number of piperidine rings is 1. The minimum absolute atomic E-state index is 0.00905. The van der Waals surface area contributed by atoms with Gasteiger partial charge in [0.05, 0.1) is 4.88 Å². The van der Waals surface area contributed by atoms with Gasteiger partial charge in [0.15, 0.2) is 0 Å². The summed E-state index contributed by atoms with van der Waals surface area (Å²) in [6.07, 6.45) is 3.51. The SMILES string of the molecule is CCC(CC)C(=O)N1CCC(NC(=O)c2cccs2)CC1. The van der Waals surface area contributed by atoms with Gasteiger partial charge in [0.2, 0.25) is 5.91 Å². The van der Waals surface area contributed by atoms with Gasteiger partial charge in [-0.2, -0.15) is 0 Å². The summed E-state index contributed by atoms with van der Waals surface area (Å²) < 4.78 is 0. The highest BCUT2D eigenvalue weighted by Crippen LogP contribution is 2.18. The van der Waals surface area contributed by atoms with Crippen molar-refractivity contribution < 1.29 is 9.59 Å². The highest BCUT2D eigenvalue weighted by Gasteiger charge is 2.27. The normalized spacial score (nSPS) is 16.2. The van der Waals surface area contributed by atoms with Crippen LogP contribution in [0.1, 0.15) is 49.2 Å². The smallest absolute Gasteiger partial charge is 0.261 e. The Balaban J connectivity index is 1.80. The molecule has 0 spiro atoms. The molecule has 0 atom stereocenters. The molecule has 2 rings (SSSR count). The highest BCUT2D eigenvalue weighted by atomic mass is 32.1. The second kappa shape index (κ2) is 7.59. The quantitative estimate of drug-likeness (QED) is 0.909. The van der Waals surface area contributed by atoms with Crippen LogP contribution in [0.15, 0.2) is 17.5 Å². The molecule has 1 aliphatic heterocycles. The lowest BCUT2D eigenvalue weighted by atomic mass is 9.98. The molecule has 0 unspecified atom stereocenters. The van der Waals surface area contributed by atoms with E-state index in [1.54, 1.807) is 0 Å². The van der Waals surface area contributed by atoms with Gasteiger partial charge < -0.3 is 10.2 Å². The lowest BCUT2D eigenvalue weighted by Gasteiger charge is -2.34. The molecule has 0 aliphatic carbocycles. The Morgan fingerprint density at radius 1 is 1.33 bits per heavy atom. The van der Waals surface area contributed by atoms with Crippen LogP contribution in [0.5, 0.6) is 0 Å². The van der Waals surface area contributed by atoms with Crippen molar-refractivity contribution >= 4 is 23.2 Å². The van der Waals surface area contributed by atoms with Crippen LogP contribution in [-0.4, -0.2) is 35.8 Å². The van der Waals surface area contributed by atoms with Crippen molar-refractivity contribution in [2.75, 3.05) is 13.1 Å². The average Bonchev–Trinajstić information content (AvgIpc) is 3.03. The zero-order valence-electron chi connectivity index (χ0n) is 12.8. The molecule has 2 amide bonds. The van der Waals surface area contributed by atoms with Crippen LogP contribution in [-0.2, 0) is 4.79 Å². The molecular formula is C16H24N2O2S. The minimum Gasteiger partial charge on any atom is -0.348 e. The number of nitrogens with one attached hydrogen (secondary N) is 1. The van der Waals surface area contributed by atoms with E-state index in [9.17, 15) is 9.59 Å². The molecule has 1 saturated heterocycles. The molecule has 1 aromatic heterocycles. The molecule has 1 fully saturated rings. The molecule has 21 heavy (non-hydrogen) atoms. The third-order valence-electron chi connectivity index (χ3n) is 4.22. The van der Waals surface area contributed by atoms with E-state index >= 15 is 0 Å². The van der Waals surface area contributed by atoms with Crippen molar-refractivity contribution in [3.63, 3.8) is 0 Å². The van der Waals surface area contributed by atoms with Gasteiger partial charge in [-0.15, -0.1) is 11.3 Å². The molecule has 0 radical (unpaired) electrons. The van der Waals surface area contributed by atoms with Crippen LogP contribution in [0.4, 0.5) is 0 Å². The fourth-order valence-electron chi connectivity index (χ4n) is 2.80. The van der Waals surface area contributed by atoms with Crippen molar-refractivity contribution in [2.24, 2.45) is 5.92 Å².